The van der Waals surface area contributed by atoms with Gasteiger partial charge in [-0.2, -0.15) is 5.10 Å². The van der Waals surface area contributed by atoms with Gasteiger partial charge in [0.2, 0.25) is 0 Å². The van der Waals surface area contributed by atoms with Crippen LogP contribution in [0.15, 0.2) is 30.5 Å². The molecule has 1 aromatic carbocycles. The molecule has 1 N–H and O–H groups in total. The molecular weight excluding hydrogens is 200 g/mol. The van der Waals surface area contributed by atoms with Gasteiger partial charge in [0.1, 0.15) is 5.75 Å². The molecule has 3 heteroatoms. The zero-order valence-corrected chi connectivity index (χ0v) is 9.81. The molecule has 0 bridgehead atoms. The van der Waals surface area contributed by atoms with E-state index in [1.807, 2.05) is 23.0 Å². The topological polar surface area (TPSA) is 38.1 Å². The highest BCUT2D eigenvalue weighted by Crippen LogP contribution is 2.26. The highest BCUT2D eigenvalue weighted by molar-refractivity contribution is 5.65. The molecule has 0 fully saturated rings. The van der Waals surface area contributed by atoms with Gasteiger partial charge in [-0.3, -0.25) is 4.68 Å². The maximum absolute atomic E-state index is 9.25. The third-order valence-electron chi connectivity index (χ3n) is 2.71. The van der Waals surface area contributed by atoms with E-state index in [-0.39, 0.29) is 5.75 Å². The Morgan fingerprint density at radius 1 is 1.19 bits per heavy atom. The van der Waals surface area contributed by atoms with Gasteiger partial charge in [-0.1, -0.05) is 12.1 Å². The monoisotopic (exact) mass is 216 g/mol. The second-order valence-corrected chi connectivity index (χ2v) is 4.23. The predicted octanol–water partition coefficient (Wildman–Crippen LogP) is 3.15. The van der Waals surface area contributed by atoms with E-state index in [9.17, 15) is 5.11 Å². The number of hydrogen-bond donors (Lipinski definition) is 1. The molecular formula is C13H16N2O. The van der Waals surface area contributed by atoms with Crippen molar-refractivity contribution in [3.63, 3.8) is 0 Å². The first-order valence-corrected chi connectivity index (χ1v) is 5.43. The van der Waals surface area contributed by atoms with E-state index in [0.29, 0.717) is 6.04 Å². The molecule has 0 aliphatic carbocycles. The summed E-state index contributed by atoms with van der Waals surface area (Å²) in [4.78, 5) is 0. The minimum atomic E-state index is 0.289. The van der Waals surface area contributed by atoms with Crippen molar-refractivity contribution in [2.45, 2.75) is 26.8 Å². The van der Waals surface area contributed by atoms with Crippen molar-refractivity contribution in [2.75, 3.05) is 0 Å². The van der Waals surface area contributed by atoms with Crippen LogP contribution in [-0.2, 0) is 0 Å². The Balaban J connectivity index is 2.45. The van der Waals surface area contributed by atoms with Crippen molar-refractivity contribution >= 4 is 0 Å². The number of phenols is 1. The molecule has 3 nitrogen and oxygen atoms in total. The maximum Gasteiger partial charge on any atom is 0.115 e. The van der Waals surface area contributed by atoms with Crippen LogP contribution in [0.2, 0.25) is 0 Å². The fraction of sp³-hybridized carbons (Fsp3) is 0.308. The molecule has 0 unspecified atom stereocenters. The average Bonchev–Trinajstić information content (AvgIpc) is 2.61. The Labute approximate surface area is 95.3 Å². The number of rotatable bonds is 2. The summed E-state index contributed by atoms with van der Waals surface area (Å²) in [5.74, 6) is 0.289. The first-order valence-electron chi connectivity index (χ1n) is 5.43. The quantitative estimate of drug-likeness (QED) is 0.837. The van der Waals surface area contributed by atoms with E-state index in [4.69, 9.17) is 0 Å². The van der Waals surface area contributed by atoms with E-state index in [2.05, 4.69) is 25.9 Å². The number of nitrogens with zero attached hydrogens (tertiary/aromatic N) is 2. The summed E-state index contributed by atoms with van der Waals surface area (Å²) in [6.07, 6.45) is 1.88. The molecule has 1 heterocycles. The lowest BCUT2D eigenvalue weighted by atomic mass is 10.1. The van der Waals surface area contributed by atoms with Gasteiger partial charge in [0.25, 0.3) is 0 Å². The highest BCUT2D eigenvalue weighted by atomic mass is 16.3. The summed E-state index contributed by atoms with van der Waals surface area (Å²) in [6, 6.07) is 7.57. The van der Waals surface area contributed by atoms with Crippen molar-refractivity contribution < 1.29 is 5.11 Å². The third-order valence-corrected chi connectivity index (χ3v) is 2.71. The lowest BCUT2D eigenvalue weighted by Gasteiger charge is -2.08. The Morgan fingerprint density at radius 2 is 1.81 bits per heavy atom. The van der Waals surface area contributed by atoms with Gasteiger partial charge in [0.05, 0.1) is 6.20 Å². The Bertz CT molecular complexity index is 483. The number of phenolic OH excluding ortho intramolecular Hbond substituents is 1. The zero-order chi connectivity index (χ0) is 11.7. The van der Waals surface area contributed by atoms with E-state index < -0.39 is 0 Å². The molecule has 16 heavy (non-hydrogen) atoms. The molecule has 1 aromatic heterocycles. The molecule has 0 amide bonds. The van der Waals surface area contributed by atoms with Gasteiger partial charge in [0, 0.05) is 17.3 Å². The van der Waals surface area contributed by atoms with Gasteiger partial charge in [-0.05, 0) is 38.5 Å². The van der Waals surface area contributed by atoms with E-state index in [0.717, 1.165) is 16.8 Å². The average molecular weight is 216 g/mol. The van der Waals surface area contributed by atoms with Crippen LogP contribution in [-0.4, -0.2) is 14.9 Å². The van der Waals surface area contributed by atoms with Crippen molar-refractivity contribution in [1.82, 2.24) is 9.78 Å². The first kappa shape index (κ1) is 10.7. The van der Waals surface area contributed by atoms with Gasteiger partial charge in [-0.15, -0.1) is 0 Å². The van der Waals surface area contributed by atoms with E-state index in [1.165, 1.54) is 0 Å². The van der Waals surface area contributed by atoms with Crippen molar-refractivity contribution in [2.24, 2.45) is 0 Å². The van der Waals surface area contributed by atoms with Crippen molar-refractivity contribution in [3.05, 3.63) is 36.2 Å². The van der Waals surface area contributed by atoms with Crippen LogP contribution in [0.1, 0.15) is 25.6 Å². The fourth-order valence-electron chi connectivity index (χ4n) is 1.87. The fourth-order valence-corrected chi connectivity index (χ4v) is 1.87. The van der Waals surface area contributed by atoms with Crippen LogP contribution < -0.4 is 0 Å². The van der Waals surface area contributed by atoms with E-state index in [1.54, 1.807) is 12.1 Å². The summed E-state index contributed by atoms with van der Waals surface area (Å²) in [5.41, 5.74) is 3.36. The van der Waals surface area contributed by atoms with Gasteiger partial charge in [0.15, 0.2) is 0 Å². The van der Waals surface area contributed by atoms with E-state index >= 15 is 0 Å². The molecule has 0 saturated carbocycles. The highest BCUT2D eigenvalue weighted by Gasteiger charge is 2.10. The molecule has 0 radical (unpaired) electrons. The van der Waals surface area contributed by atoms with Crippen LogP contribution in [0.25, 0.3) is 11.1 Å². The molecule has 0 aliphatic rings. The van der Waals surface area contributed by atoms with Gasteiger partial charge < -0.3 is 5.11 Å². The molecule has 0 atom stereocenters. The van der Waals surface area contributed by atoms with Gasteiger partial charge >= 0.3 is 0 Å². The number of benzene rings is 1. The maximum atomic E-state index is 9.25. The summed E-state index contributed by atoms with van der Waals surface area (Å²) in [5, 5.41) is 13.6. The smallest absolute Gasteiger partial charge is 0.115 e. The summed E-state index contributed by atoms with van der Waals surface area (Å²) < 4.78 is 2.00. The third kappa shape index (κ3) is 1.81. The molecule has 2 aromatic rings. The molecule has 0 saturated heterocycles. The largest absolute Gasteiger partial charge is 0.508 e. The summed E-state index contributed by atoms with van der Waals surface area (Å²) in [6.45, 7) is 6.29. The predicted molar refractivity (Wildman–Crippen MR) is 64.4 cm³/mol. The minimum Gasteiger partial charge on any atom is -0.508 e. The van der Waals surface area contributed by atoms with Crippen LogP contribution in [0.5, 0.6) is 5.75 Å². The molecule has 84 valence electrons. The summed E-state index contributed by atoms with van der Waals surface area (Å²) in [7, 11) is 0. The lowest BCUT2D eigenvalue weighted by molar-refractivity contribution is 0.475. The van der Waals surface area contributed by atoms with Crippen LogP contribution in [0, 0.1) is 6.92 Å². The SMILES string of the molecule is Cc1c(-c2ccc(O)cc2)cnn1C(C)C. The summed E-state index contributed by atoms with van der Waals surface area (Å²) >= 11 is 0. The number of aromatic hydroxyl groups is 1. The van der Waals surface area contributed by atoms with Crippen LogP contribution in [0.3, 0.4) is 0 Å². The first-order chi connectivity index (χ1) is 7.59. The number of hydrogen-bond acceptors (Lipinski definition) is 2. The molecule has 2 rings (SSSR count). The molecule has 0 spiro atoms. The van der Waals surface area contributed by atoms with Crippen LogP contribution in [0.4, 0.5) is 0 Å². The Kier molecular flexibility index (Phi) is 2.69. The van der Waals surface area contributed by atoms with Crippen molar-refractivity contribution in [1.29, 1.82) is 0 Å². The second-order valence-electron chi connectivity index (χ2n) is 4.23. The minimum absolute atomic E-state index is 0.289. The lowest BCUT2D eigenvalue weighted by Crippen LogP contribution is -2.04. The Hall–Kier alpha value is -1.77. The van der Waals surface area contributed by atoms with Crippen molar-refractivity contribution in [3.8, 4) is 16.9 Å². The van der Waals surface area contributed by atoms with Gasteiger partial charge in [-0.25, -0.2) is 0 Å². The zero-order valence-electron chi connectivity index (χ0n) is 9.81. The molecule has 0 aliphatic heterocycles. The second kappa shape index (κ2) is 4.00. The number of aromatic nitrogens is 2. The normalized spacial score (nSPS) is 11.0. The standard InChI is InChI=1S/C13H16N2O/c1-9(2)15-10(3)13(8-14-15)11-4-6-12(16)7-5-11/h4-9,16H,1-3H3. The van der Waals surface area contributed by atoms with Crippen LogP contribution >= 0.6 is 0 Å². The Morgan fingerprint density at radius 3 is 2.31 bits per heavy atom.